The number of hydroxylamine groups is 1. The molecule has 2 rings (SSSR count). The molecule has 1 saturated heterocycles. The van der Waals surface area contributed by atoms with E-state index in [1.54, 1.807) is 0 Å². The predicted octanol–water partition coefficient (Wildman–Crippen LogP) is 2.55. The van der Waals surface area contributed by atoms with E-state index in [9.17, 15) is 4.79 Å². The lowest BCUT2D eigenvalue weighted by Crippen LogP contribution is -2.33. The summed E-state index contributed by atoms with van der Waals surface area (Å²) in [6.45, 7) is 0.642. The van der Waals surface area contributed by atoms with Gasteiger partial charge in [-0.1, -0.05) is 11.6 Å². The van der Waals surface area contributed by atoms with Crippen molar-refractivity contribution in [1.82, 2.24) is 5.48 Å². The van der Waals surface area contributed by atoms with Crippen molar-refractivity contribution in [2.75, 3.05) is 20.8 Å². The fraction of sp³-hybridized carbons (Fsp3) is 0.500. The minimum atomic E-state index is -0.424. The Morgan fingerprint density at radius 2 is 2.14 bits per heavy atom. The molecule has 21 heavy (non-hydrogen) atoms. The Hall–Kier alpha value is -1.50. The molecule has 0 bridgehead atoms. The summed E-state index contributed by atoms with van der Waals surface area (Å²) in [5.41, 5.74) is 2.68. The summed E-state index contributed by atoms with van der Waals surface area (Å²) >= 11 is 6.06. The second-order valence-corrected chi connectivity index (χ2v) is 4.95. The molecule has 1 amide bonds. The summed E-state index contributed by atoms with van der Waals surface area (Å²) in [5.74, 6) is 0.336. The number of methoxy groups -OCH3 is 2. The lowest BCUT2D eigenvalue weighted by Gasteiger charge is -2.22. The molecule has 1 aliphatic heterocycles. The molecule has 1 atom stereocenters. The molecular weight excluding hydrogens is 298 g/mol. The van der Waals surface area contributed by atoms with E-state index in [4.69, 9.17) is 30.6 Å². The third-order valence-electron chi connectivity index (χ3n) is 3.12. The highest BCUT2D eigenvalue weighted by atomic mass is 35.5. The summed E-state index contributed by atoms with van der Waals surface area (Å²) < 4.78 is 15.6. The van der Waals surface area contributed by atoms with Crippen LogP contribution in [-0.4, -0.2) is 33.0 Å². The molecular formula is C14H18ClNO5. The highest BCUT2D eigenvalue weighted by Crippen LogP contribution is 2.35. The Morgan fingerprint density at radius 1 is 1.33 bits per heavy atom. The summed E-state index contributed by atoms with van der Waals surface area (Å²) in [5, 5.41) is 0.288. The maximum absolute atomic E-state index is 12.1. The van der Waals surface area contributed by atoms with Gasteiger partial charge in [-0.2, -0.15) is 0 Å². The standard InChI is InChI=1S/C14H18ClNO5/c1-18-11-8-9(7-10(15)13(11)19-2)14(17)16-21-12-5-3-4-6-20-12/h7-8,12H,3-6H2,1-2H3,(H,16,17). The number of hydrogen-bond donors (Lipinski definition) is 1. The number of nitrogens with one attached hydrogen (secondary N) is 1. The fourth-order valence-electron chi connectivity index (χ4n) is 2.03. The summed E-state index contributed by atoms with van der Waals surface area (Å²) in [7, 11) is 2.95. The lowest BCUT2D eigenvalue weighted by molar-refractivity contribution is -0.186. The molecule has 6 nitrogen and oxygen atoms in total. The van der Waals surface area contributed by atoms with Crippen LogP contribution in [0.5, 0.6) is 11.5 Å². The zero-order valence-corrected chi connectivity index (χ0v) is 12.7. The molecule has 1 unspecified atom stereocenters. The fourth-order valence-corrected chi connectivity index (χ4v) is 2.32. The molecule has 1 fully saturated rings. The monoisotopic (exact) mass is 315 g/mol. The van der Waals surface area contributed by atoms with Gasteiger partial charge in [-0.25, -0.2) is 10.3 Å². The second-order valence-electron chi connectivity index (χ2n) is 4.54. The van der Waals surface area contributed by atoms with Gasteiger partial charge in [0.2, 0.25) is 0 Å². The van der Waals surface area contributed by atoms with Gasteiger partial charge in [0.05, 0.1) is 19.2 Å². The number of hydrogen-bond acceptors (Lipinski definition) is 5. The van der Waals surface area contributed by atoms with Crippen molar-refractivity contribution < 1.29 is 23.8 Å². The largest absolute Gasteiger partial charge is 0.493 e. The molecule has 1 aromatic rings. The van der Waals surface area contributed by atoms with Crippen LogP contribution >= 0.6 is 11.6 Å². The van der Waals surface area contributed by atoms with Gasteiger partial charge in [0, 0.05) is 18.6 Å². The first-order valence-corrected chi connectivity index (χ1v) is 7.02. The number of carbonyl (C=O) groups excluding carboxylic acids is 1. The van der Waals surface area contributed by atoms with Gasteiger partial charge in [0.1, 0.15) is 0 Å². The van der Waals surface area contributed by atoms with Crippen molar-refractivity contribution in [1.29, 1.82) is 0 Å². The molecule has 0 aromatic heterocycles. The van der Waals surface area contributed by atoms with Crippen molar-refractivity contribution >= 4 is 17.5 Å². The number of rotatable bonds is 5. The Bertz CT molecular complexity index is 502. The molecule has 1 heterocycles. The van der Waals surface area contributed by atoms with Crippen LogP contribution in [0.2, 0.25) is 5.02 Å². The maximum Gasteiger partial charge on any atom is 0.275 e. The summed E-state index contributed by atoms with van der Waals surface area (Å²) in [6, 6.07) is 3.02. The number of carbonyl (C=O) groups is 1. The Kier molecular flexibility index (Phi) is 5.67. The van der Waals surface area contributed by atoms with Crippen LogP contribution in [0.15, 0.2) is 12.1 Å². The van der Waals surface area contributed by atoms with Crippen LogP contribution in [0.1, 0.15) is 29.6 Å². The molecule has 1 aromatic carbocycles. The van der Waals surface area contributed by atoms with Crippen LogP contribution in [-0.2, 0) is 9.57 Å². The molecule has 0 radical (unpaired) electrons. The molecule has 1 aliphatic rings. The Balaban J connectivity index is 2.03. The lowest BCUT2D eigenvalue weighted by atomic mass is 10.2. The van der Waals surface area contributed by atoms with Gasteiger partial charge in [-0.05, 0) is 25.0 Å². The normalized spacial score (nSPS) is 18.1. The summed E-state index contributed by atoms with van der Waals surface area (Å²) in [4.78, 5) is 17.3. The zero-order valence-electron chi connectivity index (χ0n) is 12.0. The van der Waals surface area contributed by atoms with Crippen molar-refractivity contribution in [3.05, 3.63) is 22.7 Å². The van der Waals surface area contributed by atoms with E-state index in [1.807, 2.05) is 0 Å². The average Bonchev–Trinajstić information content (AvgIpc) is 2.52. The predicted molar refractivity (Wildman–Crippen MR) is 76.7 cm³/mol. The highest BCUT2D eigenvalue weighted by Gasteiger charge is 2.18. The topological polar surface area (TPSA) is 66.0 Å². The molecule has 0 spiro atoms. The van der Waals surface area contributed by atoms with Gasteiger partial charge in [-0.3, -0.25) is 4.79 Å². The third-order valence-corrected chi connectivity index (χ3v) is 3.40. The van der Waals surface area contributed by atoms with Crippen molar-refractivity contribution in [3.8, 4) is 11.5 Å². The average molecular weight is 316 g/mol. The Labute approximate surface area is 128 Å². The van der Waals surface area contributed by atoms with E-state index in [2.05, 4.69) is 5.48 Å². The smallest absolute Gasteiger partial charge is 0.275 e. The van der Waals surface area contributed by atoms with Gasteiger partial charge in [0.15, 0.2) is 17.8 Å². The van der Waals surface area contributed by atoms with Crippen LogP contribution in [0.25, 0.3) is 0 Å². The first-order chi connectivity index (χ1) is 10.2. The van der Waals surface area contributed by atoms with Gasteiger partial charge in [0.25, 0.3) is 5.91 Å². The van der Waals surface area contributed by atoms with Crippen LogP contribution < -0.4 is 15.0 Å². The highest BCUT2D eigenvalue weighted by molar-refractivity contribution is 6.32. The van der Waals surface area contributed by atoms with Crippen molar-refractivity contribution in [3.63, 3.8) is 0 Å². The third kappa shape index (κ3) is 4.00. The van der Waals surface area contributed by atoms with E-state index in [-0.39, 0.29) is 5.02 Å². The number of amides is 1. The molecule has 0 aliphatic carbocycles. The van der Waals surface area contributed by atoms with Crippen LogP contribution in [0.4, 0.5) is 0 Å². The molecule has 7 heteroatoms. The quantitative estimate of drug-likeness (QED) is 0.846. The number of ether oxygens (including phenoxy) is 3. The van der Waals surface area contributed by atoms with Crippen LogP contribution in [0, 0.1) is 0 Å². The van der Waals surface area contributed by atoms with E-state index in [1.165, 1.54) is 26.4 Å². The van der Waals surface area contributed by atoms with E-state index in [0.717, 1.165) is 19.3 Å². The summed E-state index contributed by atoms with van der Waals surface area (Å²) in [6.07, 6.45) is 2.38. The minimum absolute atomic E-state index is 0.288. The van der Waals surface area contributed by atoms with Gasteiger partial charge in [-0.15, -0.1) is 0 Å². The SMILES string of the molecule is COc1cc(C(=O)NOC2CCCCO2)cc(Cl)c1OC. The van der Waals surface area contributed by atoms with Crippen LogP contribution in [0.3, 0.4) is 0 Å². The first-order valence-electron chi connectivity index (χ1n) is 6.65. The molecule has 116 valence electrons. The molecule has 0 saturated carbocycles. The number of halogens is 1. The van der Waals surface area contributed by atoms with Crippen molar-refractivity contribution in [2.24, 2.45) is 0 Å². The maximum atomic E-state index is 12.1. The molecule has 1 N–H and O–H groups in total. The minimum Gasteiger partial charge on any atom is -0.493 e. The van der Waals surface area contributed by atoms with Gasteiger partial charge >= 0.3 is 0 Å². The first kappa shape index (κ1) is 15.9. The van der Waals surface area contributed by atoms with Gasteiger partial charge < -0.3 is 14.2 Å². The zero-order chi connectivity index (χ0) is 15.2. The van der Waals surface area contributed by atoms with E-state index in [0.29, 0.717) is 23.7 Å². The second kappa shape index (κ2) is 7.49. The Morgan fingerprint density at radius 3 is 2.76 bits per heavy atom. The van der Waals surface area contributed by atoms with E-state index >= 15 is 0 Å². The van der Waals surface area contributed by atoms with E-state index < -0.39 is 12.2 Å². The number of benzene rings is 1. The van der Waals surface area contributed by atoms with Crippen molar-refractivity contribution in [2.45, 2.75) is 25.6 Å².